The van der Waals surface area contributed by atoms with Gasteiger partial charge in [-0.1, -0.05) is 5.16 Å². The molecule has 0 unspecified atom stereocenters. The lowest BCUT2D eigenvalue weighted by Crippen LogP contribution is -2.08. The molecule has 0 aliphatic rings. The molecule has 0 saturated carbocycles. The molecule has 1 N–H and O–H groups in total. The molecule has 0 aliphatic carbocycles. The monoisotopic (exact) mass is 272 g/mol. The maximum atomic E-state index is 5.32. The van der Waals surface area contributed by atoms with Crippen molar-refractivity contribution < 1.29 is 4.52 Å². The molecule has 0 atom stereocenters. The average molecular weight is 272 g/mol. The third-order valence-corrected chi connectivity index (χ3v) is 4.74. The fraction of sp³-hybridized carbons (Fsp3) is 0.471. The molecular formula is C17H24N2O. The van der Waals surface area contributed by atoms with E-state index >= 15 is 0 Å². The largest absolute Gasteiger partial charge is 0.350 e. The summed E-state index contributed by atoms with van der Waals surface area (Å²) in [4.78, 5) is 0. The number of aromatic nitrogens is 1. The summed E-state index contributed by atoms with van der Waals surface area (Å²) in [7, 11) is 0. The van der Waals surface area contributed by atoms with Crippen LogP contribution in [-0.4, -0.2) is 5.16 Å². The van der Waals surface area contributed by atoms with Crippen LogP contribution in [0.4, 0.5) is 5.88 Å². The molecule has 1 aromatic heterocycles. The van der Waals surface area contributed by atoms with Crippen LogP contribution in [0.5, 0.6) is 0 Å². The molecule has 0 bridgehead atoms. The second-order valence-corrected chi connectivity index (χ2v) is 5.68. The number of aryl methyl sites for hydroxylation is 1. The first kappa shape index (κ1) is 14.6. The Labute approximate surface area is 121 Å². The van der Waals surface area contributed by atoms with Gasteiger partial charge in [0, 0.05) is 12.1 Å². The van der Waals surface area contributed by atoms with Gasteiger partial charge >= 0.3 is 0 Å². The van der Waals surface area contributed by atoms with E-state index in [-0.39, 0.29) is 0 Å². The van der Waals surface area contributed by atoms with Crippen molar-refractivity contribution in [2.75, 3.05) is 5.32 Å². The van der Waals surface area contributed by atoms with E-state index < -0.39 is 0 Å². The minimum absolute atomic E-state index is 0.773. The van der Waals surface area contributed by atoms with E-state index in [0.29, 0.717) is 0 Å². The van der Waals surface area contributed by atoms with Gasteiger partial charge in [-0.15, -0.1) is 0 Å². The Morgan fingerprint density at radius 3 is 1.70 bits per heavy atom. The summed E-state index contributed by atoms with van der Waals surface area (Å²) in [5, 5.41) is 7.36. The molecule has 0 aliphatic heterocycles. The molecular weight excluding hydrogens is 248 g/mol. The van der Waals surface area contributed by atoms with E-state index in [4.69, 9.17) is 4.52 Å². The molecule has 108 valence electrons. The van der Waals surface area contributed by atoms with Crippen LogP contribution >= 0.6 is 0 Å². The molecule has 1 aromatic carbocycles. The zero-order chi connectivity index (χ0) is 15.0. The molecule has 1 heterocycles. The van der Waals surface area contributed by atoms with E-state index in [1.807, 2.05) is 13.8 Å². The van der Waals surface area contributed by atoms with E-state index in [1.165, 1.54) is 33.4 Å². The van der Waals surface area contributed by atoms with Crippen LogP contribution < -0.4 is 5.32 Å². The highest BCUT2D eigenvalue weighted by Crippen LogP contribution is 2.27. The van der Waals surface area contributed by atoms with Crippen LogP contribution in [0.15, 0.2) is 4.52 Å². The lowest BCUT2D eigenvalue weighted by atomic mass is 9.89. The standard InChI is InChI=1S/C17H24N2O/c1-9-10(2)12(4)16(13(5)11(9)3)8-18-17-14(6)15(7)19-20-17/h18H,8H2,1-7H3. The Balaban J connectivity index is 2.33. The number of anilines is 1. The van der Waals surface area contributed by atoms with E-state index in [2.05, 4.69) is 45.1 Å². The summed E-state index contributed by atoms with van der Waals surface area (Å²) in [6.07, 6.45) is 0. The predicted molar refractivity (Wildman–Crippen MR) is 83.4 cm³/mol. The summed E-state index contributed by atoms with van der Waals surface area (Å²) < 4.78 is 5.32. The Hall–Kier alpha value is -1.77. The Morgan fingerprint density at radius 1 is 0.750 bits per heavy atom. The van der Waals surface area contributed by atoms with Gasteiger partial charge in [0.1, 0.15) is 0 Å². The highest BCUT2D eigenvalue weighted by atomic mass is 16.5. The second kappa shape index (κ2) is 5.31. The van der Waals surface area contributed by atoms with Crippen LogP contribution in [0.3, 0.4) is 0 Å². The number of rotatable bonds is 3. The van der Waals surface area contributed by atoms with Crippen LogP contribution in [0, 0.1) is 48.5 Å². The van der Waals surface area contributed by atoms with Gasteiger partial charge in [-0.3, -0.25) is 0 Å². The Kier molecular flexibility index (Phi) is 3.89. The van der Waals surface area contributed by atoms with Crippen LogP contribution in [0.2, 0.25) is 0 Å². The molecule has 0 fully saturated rings. The first-order chi connectivity index (χ1) is 9.34. The smallest absolute Gasteiger partial charge is 0.228 e. The van der Waals surface area contributed by atoms with Crippen molar-refractivity contribution in [3.8, 4) is 0 Å². The van der Waals surface area contributed by atoms with E-state index in [1.54, 1.807) is 0 Å². The molecule has 0 spiro atoms. The van der Waals surface area contributed by atoms with Gasteiger partial charge in [-0.05, 0) is 81.8 Å². The number of nitrogens with zero attached hydrogens (tertiary/aromatic N) is 1. The first-order valence-electron chi connectivity index (χ1n) is 7.07. The normalized spacial score (nSPS) is 10.9. The fourth-order valence-electron chi connectivity index (χ4n) is 2.59. The van der Waals surface area contributed by atoms with Gasteiger partial charge in [0.25, 0.3) is 0 Å². The zero-order valence-electron chi connectivity index (χ0n) is 13.6. The summed E-state index contributed by atoms with van der Waals surface area (Å²) >= 11 is 0. The SMILES string of the molecule is Cc1noc(NCc2c(C)c(C)c(C)c(C)c2C)c1C. The lowest BCUT2D eigenvalue weighted by Gasteiger charge is -2.19. The lowest BCUT2D eigenvalue weighted by molar-refractivity contribution is 0.426. The topological polar surface area (TPSA) is 38.1 Å². The molecule has 3 heteroatoms. The minimum Gasteiger partial charge on any atom is -0.350 e. The number of nitrogens with one attached hydrogen (secondary N) is 1. The zero-order valence-corrected chi connectivity index (χ0v) is 13.6. The summed E-state index contributed by atoms with van der Waals surface area (Å²) in [6.45, 7) is 15.8. The van der Waals surface area contributed by atoms with E-state index in [9.17, 15) is 0 Å². The molecule has 2 rings (SSSR count). The van der Waals surface area contributed by atoms with Gasteiger partial charge in [-0.25, -0.2) is 0 Å². The molecule has 3 nitrogen and oxygen atoms in total. The highest BCUT2D eigenvalue weighted by Gasteiger charge is 2.13. The molecule has 0 amide bonds. The first-order valence-corrected chi connectivity index (χ1v) is 7.07. The fourth-order valence-corrected chi connectivity index (χ4v) is 2.59. The van der Waals surface area contributed by atoms with Gasteiger partial charge in [0.15, 0.2) is 0 Å². The molecule has 2 aromatic rings. The molecule has 20 heavy (non-hydrogen) atoms. The van der Waals surface area contributed by atoms with Crippen LogP contribution in [0.25, 0.3) is 0 Å². The van der Waals surface area contributed by atoms with Crippen LogP contribution in [-0.2, 0) is 6.54 Å². The minimum atomic E-state index is 0.773. The third-order valence-electron chi connectivity index (χ3n) is 4.74. The predicted octanol–water partition coefficient (Wildman–Crippen LogP) is 4.45. The quantitative estimate of drug-likeness (QED) is 0.897. The number of benzene rings is 1. The molecule has 0 radical (unpaired) electrons. The van der Waals surface area contributed by atoms with Gasteiger partial charge in [-0.2, -0.15) is 0 Å². The van der Waals surface area contributed by atoms with Crippen molar-refractivity contribution in [3.63, 3.8) is 0 Å². The summed E-state index contributed by atoms with van der Waals surface area (Å²) in [5.41, 5.74) is 10.3. The molecule has 0 saturated heterocycles. The summed E-state index contributed by atoms with van der Waals surface area (Å²) in [6, 6.07) is 0. The van der Waals surface area contributed by atoms with Crippen molar-refractivity contribution >= 4 is 5.88 Å². The van der Waals surface area contributed by atoms with Crippen molar-refractivity contribution in [1.29, 1.82) is 0 Å². The highest BCUT2D eigenvalue weighted by molar-refractivity contribution is 5.51. The van der Waals surface area contributed by atoms with Gasteiger partial charge in [0.2, 0.25) is 5.88 Å². The Morgan fingerprint density at radius 2 is 1.25 bits per heavy atom. The Bertz CT molecular complexity index is 624. The van der Waals surface area contributed by atoms with E-state index in [0.717, 1.165) is 23.7 Å². The third kappa shape index (κ3) is 2.33. The van der Waals surface area contributed by atoms with Crippen molar-refractivity contribution in [2.24, 2.45) is 0 Å². The van der Waals surface area contributed by atoms with Crippen LogP contribution in [0.1, 0.15) is 44.6 Å². The van der Waals surface area contributed by atoms with Crippen molar-refractivity contribution in [2.45, 2.75) is 55.0 Å². The average Bonchev–Trinajstić information content (AvgIpc) is 2.75. The van der Waals surface area contributed by atoms with Gasteiger partial charge in [0.05, 0.1) is 5.69 Å². The maximum absolute atomic E-state index is 5.32. The summed E-state index contributed by atoms with van der Waals surface area (Å²) in [5.74, 6) is 0.775. The van der Waals surface area contributed by atoms with Crippen molar-refractivity contribution in [1.82, 2.24) is 5.16 Å². The second-order valence-electron chi connectivity index (χ2n) is 5.68. The van der Waals surface area contributed by atoms with Crippen molar-refractivity contribution in [3.05, 3.63) is 44.6 Å². The number of hydrogen-bond acceptors (Lipinski definition) is 3. The van der Waals surface area contributed by atoms with Gasteiger partial charge < -0.3 is 9.84 Å². The number of hydrogen-bond donors (Lipinski definition) is 1. The maximum Gasteiger partial charge on any atom is 0.228 e.